The van der Waals surface area contributed by atoms with E-state index >= 15 is 0 Å². The monoisotopic (exact) mass is 497 g/mol. The molecule has 12 heteroatoms. The fourth-order valence-corrected chi connectivity index (χ4v) is 3.70. The summed E-state index contributed by atoms with van der Waals surface area (Å²) >= 11 is 0. The third-order valence-corrected chi connectivity index (χ3v) is 5.71. The van der Waals surface area contributed by atoms with Gasteiger partial charge in [-0.3, -0.25) is 4.79 Å². The van der Waals surface area contributed by atoms with Crippen LogP contribution in [0.4, 0.5) is 5.69 Å². The Morgan fingerprint density at radius 2 is 1.56 bits per heavy atom. The Hall–Kier alpha value is -3.48. The van der Waals surface area contributed by atoms with Crippen LogP contribution in [0.15, 0.2) is 35.7 Å². The highest BCUT2D eigenvalue weighted by molar-refractivity contribution is 7.93. The Balaban J connectivity index is 0.000000718. The van der Waals surface area contributed by atoms with Crippen LogP contribution < -0.4 is 36.1 Å². The summed E-state index contributed by atoms with van der Waals surface area (Å²) < 4.78 is 45.9. The maximum atomic E-state index is 12.5. The predicted octanol–water partition coefficient (Wildman–Crippen LogP) is 0.680. The van der Waals surface area contributed by atoms with Gasteiger partial charge < -0.3 is 41.3 Å². The fraction of sp³-hybridized carbons (Fsp3) is 0.318. The summed E-state index contributed by atoms with van der Waals surface area (Å²) in [4.78, 5) is 9.87. The van der Waals surface area contributed by atoms with E-state index in [0.717, 1.165) is 5.41 Å². The number of aliphatic hydroxyl groups excluding tert-OH is 1. The molecule has 0 unspecified atom stereocenters. The first kappa shape index (κ1) is 28.6. The smallest absolute Gasteiger partial charge is 0.236 e. The van der Waals surface area contributed by atoms with Gasteiger partial charge in [0.25, 0.3) is 0 Å². The second-order valence-corrected chi connectivity index (χ2v) is 8.71. The lowest BCUT2D eigenvalue weighted by atomic mass is 10.1. The van der Waals surface area contributed by atoms with Crippen molar-refractivity contribution < 1.29 is 37.3 Å². The van der Waals surface area contributed by atoms with Gasteiger partial charge in [-0.15, -0.1) is 0 Å². The van der Waals surface area contributed by atoms with Crippen molar-refractivity contribution in [3.8, 4) is 23.0 Å². The Bertz CT molecular complexity index is 1080. The Labute approximate surface area is 199 Å². The molecule has 0 aliphatic rings. The first-order valence-electron chi connectivity index (χ1n) is 9.80. The van der Waals surface area contributed by atoms with E-state index in [0.29, 0.717) is 39.8 Å². The number of benzene rings is 2. The van der Waals surface area contributed by atoms with Crippen molar-refractivity contribution in [2.75, 3.05) is 40.8 Å². The lowest BCUT2D eigenvalue weighted by Gasteiger charge is -2.12. The van der Waals surface area contributed by atoms with E-state index < -0.39 is 21.8 Å². The number of carbonyl (C=O) groups excluding carboxylic acids is 1. The van der Waals surface area contributed by atoms with Crippen LogP contribution in [0.5, 0.6) is 23.0 Å². The molecule has 0 heterocycles. The highest BCUT2D eigenvalue weighted by Gasteiger charge is 2.14. The molecule has 2 aromatic rings. The molecule has 11 nitrogen and oxygen atoms in total. The number of nitrogen functional groups attached to an aromatic ring is 1. The Morgan fingerprint density at radius 3 is 1.94 bits per heavy atom. The molecule has 0 aromatic heterocycles. The quantitative estimate of drug-likeness (QED) is 0.340. The fourth-order valence-electron chi connectivity index (χ4n) is 2.61. The second kappa shape index (κ2) is 13.3. The standard InChI is InChI=1S/C19H23NO6S.C3H8N2O2/c1-23-14-10-18(25-3)15(19(11-14)26-4)7-8-27(21,22)12-13-5-6-17(24-2)16(20)9-13;4-2(1-6)3(5)7/h5-11H,12,20H2,1-4H3;2,6H,1,4H2,(H2,5,7)/b8-7+;/t;2-/m.1/s1. The molecule has 1 atom stereocenters. The maximum absolute atomic E-state index is 12.5. The van der Waals surface area contributed by atoms with Gasteiger partial charge in [-0.25, -0.2) is 8.42 Å². The van der Waals surface area contributed by atoms with Gasteiger partial charge in [0.15, 0.2) is 9.84 Å². The van der Waals surface area contributed by atoms with Crippen LogP contribution in [0.25, 0.3) is 6.08 Å². The van der Waals surface area contributed by atoms with E-state index in [9.17, 15) is 13.2 Å². The van der Waals surface area contributed by atoms with Gasteiger partial charge in [-0.05, 0) is 23.8 Å². The van der Waals surface area contributed by atoms with Crippen molar-refractivity contribution in [2.24, 2.45) is 11.5 Å². The van der Waals surface area contributed by atoms with Crippen LogP contribution in [-0.4, -0.2) is 60.5 Å². The predicted molar refractivity (Wildman–Crippen MR) is 129 cm³/mol. The summed E-state index contributed by atoms with van der Waals surface area (Å²) in [5.74, 6) is 1.04. The van der Waals surface area contributed by atoms with Gasteiger partial charge >= 0.3 is 0 Å². The number of rotatable bonds is 10. The number of amides is 1. The zero-order valence-corrected chi connectivity index (χ0v) is 20.3. The molecule has 188 valence electrons. The Kier molecular flexibility index (Phi) is 11.2. The molecule has 0 saturated heterocycles. The minimum Gasteiger partial charge on any atom is -0.496 e. The van der Waals surface area contributed by atoms with E-state index in [1.54, 1.807) is 30.3 Å². The van der Waals surface area contributed by atoms with E-state index in [1.807, 2.05) is 0 Å². The summed E-state index contributed by atoms with van der Waals surface area (Å²) in [6.45, 7) is -0.380. The van der Waals surface area contributed by atoms with E-state index in [4.69, 9.17) is 35.5 Å². The molecule has 0 bridgehead atoms. The molecule has 0 spiro atoms. The molecule has 34 heavy (non-hydrogen) atoms. The molecule has 7 N–H and O–H groups in total. The number of anilines is 1. The SMILES string of the molecule is COc1cc(OC)c(/C=C/S(=O)(=O)Cc2ccc(OC)c(N)c2)c(OC)c1.NC(=O)[C@H](N)CO. The van der Waals surface area contributed by atoms with Crippen molar-refractivity contribution >= 4 is 27.5 Å². The minimum atomic E-state index is -3.55. The highest BCUT2D eigenvalue weighted by atomic mass is 32.2. The van der Waals surface area contributed by atoms with Gasteiger partial charge in [0.2, 0.25) is 5.91 Å². The number of sulfone groups is 1. The average Bonchev–Trinajstić information content (AvgIpc) is 2.81. The minimum absolute atomic E-state index is 0.196. The maximum Gasteiger partial charge on any atom is 0.236 e. The largest absolute Gasteiger partial charge is 0.496 e. The van der Waals surface area contributed by atoms with Crippen LogP contribution in [0.2, 0.25) is 0 Å². The van der Waals surface area contributed by atoms with Crippen molar-refractivity contribution in [2.45, 2.75) is 11.8 Å². The number of aliphatic hydroxyl groups is 1. The van der Waals surface area contributed by atoms with E-state index in [1.165, 1.54) is 34.5 Å². The first-order chi connectivity index (χ1) is 16.0. The molecular formula is C22H31N3O8S. The molecule has 2 rings (SSSR count). The molecule has 0 radical (unpaired) electrons. The van der Waals surface area contributed by atoms with Gasteiger partial charge in [0, 0.05) is 17.5 Å². The summed E-state index contributed by atoms with van der Waals surface area (Å²) in [5.41, 5.74) is 16.8. The third kappa shape index (κ3) is 8.46. The van der Waals surface area contributed by atoms with Gasteiger partial charge in [0.1, 0.15) is 29.0 Å². The normalized spacial score (nSPS) is 11.8. The van der Waals surface area contributed by atoms with E-state index in [2.05, 4.69) is 5.73 Å². The number of ether oxygens (including phenoxy) is 4. The number of methoxy groups -OCH3 is 4. The lowest BCUT2D eigenvalue weighted by Crippen LogP contribution is -2.39. The number of nitrogens with two attached hydrogens (primary N) is 3. The topological polar surface area (TPSA) is 186 Å². The molecule has 2 aromatic carbocycles. The number of hydrogen-bond acceptors (Lipinski definition) is 10. The van der Waals surface area contributed by atoms with Crippen LogP contribution in [0, 0.1) is 0 Å². The highest BCUT2D eigenvalue weighted by Crippen LogP contribution is 2.35. The molecular weight excluding hydrogens is 466 g/mol. The summed E-state index contributed by atoms with van der Waals surface area (Å²) in [6.07, 6.45) is 1.44. The van der Waals surface area contributed by atoms with Gasteiger partial charge in [-0.2, -0.15) is 0 Å². The molecule has 0 aliphatic carbocycles. The molecule has 0 saturated carbocycles. The van der Waals surface area contributed by atoms with Crippen LogP contribution in [-0.2, 0) is 20.4 Å². The van der Waals surface area contributed by atoms with Crippen molar-refractivity contribution in [1.29, 1.82) is 0 Å². The summed E-state index contributed by atoms with van der Waals surface area (Å²) in [7, 11) is 2.44. The second-order valence-electron chi connectivity index (χ2n) is 6.82. The number of carbonyl (C=O) groups is 1. The molecule has 1 amide bonds. The third-order valence-electron chi connectivity index (χ3n) is 4.42. The van der Waals surface area contributed by atoms with Gasteiger partial charge in [-0.1, -0.05) is 6.07 Å². The number of primary amides is 1. The van der Waals surface area contributed by atoms with Crippen LogP contribution in [0.1, 0.15) is 11.1 Å². The molecule has 0 fully saturated rings. The first-order valence-corrected chi connectivity index (χ1v) is 11.5. The van der Waals surface area contributed by atoms with Gasteiger partial charge in [0.05, 0.1) is 52.0 Å². The van der Waals surface area contributed by atoms with Crippen molar-refractivity contribution in [3.63, 3.8) is 0 Å². The van der Waals surface area contributed by atoms with Crippen molar-refractivity contribution in [1.82, 2.24) is 0 Å². The average molecular weight is 498 g/mol. The lowest BCUT2D eigenvalue weighted by molar-refractivity contribution is -0.120. The van der Waals surface area contributed by atoms with Crippen molar-refractivity contribution in [3.05, 3.63) is 46.9 Å². The van der Waals surface area contributed by atoms with Crippen LogP contribution in [0.3, 0.4) is 0 Å². The summed E-state index contributed by atoms with van der Waals surface area (Å²) in [6, 6.07) is 7.28. The zero-order valence-electron chi connectivity index (χ0n) is 19.5. The number of hydrogen-bond donors (Lipinski definition) is 4. The molecule has 0 aliphatic heterocycles. The van der Waals surface area contributed by atoms with E-state index in [-0.39, 0.29) is 12.4 Å². The Morgan fingerprint density at radius 1 is 1.00 bits per heavy atom. The van der Waals surface area contributed by atoms with Crippen LogP contribution >= 0.6 is 0 Å². The summed E-state index contributed by atoms with van der Waals surface area (Å²) in [5, 5.41) is 9.20. The zero-order chi connectivity index (χ0) is 25.9.